The van der Waals surface area contributed by atoms with Crippen LogP contribution in [0.4, 0.5) is 27.5 Å². The molecule has 6 rings (SSSR count). The van der Waals surface area contributed by atoms with Gasteiger partial charge >= 0.3 is 6.03 Å². The van der Waals surface area contributed by atoms with Crippen LogP contribution in [-0.4, -0.2) is 77.0 Å². The van der Waals surface area contributed by atoms with Crippen molar-refractivity contribution in [3.8, 4) is 0 Å². The Labute approximate surface area is 314 Å². The average Bonchev–Trinajstić information content (AvgIpc) is 3.21. The smallest absolute Gasteiger partial charge is 0.328 e. The van der Waals surface area contributed by atoms with Crippen molar-refractivity contribution < 1.29 is 22.9 Å². The maximum atomic E-state index is 13.2. The van der Waals surface area contributed by atoms with Crippen LogP contribution >= 0.6 is 0 Å². The number of sulfonamides is 1. The van der Waals surface area contributed by atoms with Crippen LogP contribution in [0, 0.1) is 10.1 Å². The summed E-state index contributed by atoms with van der Waals surface area (Å²) in [6, 6.07) is 38.6. The Bertz CT molecular complexity index is 2200. The zero-order valence-corrected chi connectivity index (χ0v) is 30.7. The third-order valence-corrected chi connectivity index (χ3v) is 10.7. The zero-order chi connectivity index (χ0) is 38.2. The lowest BCUT2D eigenvalue weighted by molar-refractivity contribution is -0.384. The van der Waals surface area contributed by atoms with Crippen LogP contribution in [0.5, 0.6) is 0 Å². The summed E-state index contributed by atoms with van der Waals surface area (Å²) in [5.41, 5.74) is 4.38. The number of nitrogens with zero attached hydrogens (tertiary/aromatic N) is 5. The van der Waals surface area contributed by atoms with Gasteiger partial charge in [0.15, 0.2) is 0 Å². The molecule has 54 heavy (non-hydrogen) atoms. The van der Waals surface area contributed by atoms with Gasteiger partial charge in [-0.15, -0.1) is 0 Å². The number of hydrogen-bond donors (Lipinski definition) is 1. The molecule has 0 bridgehead atoms. The predicted octanol–water partition coefficient (Wildman–Crippen LogP) is 6.66. The second-order valence-electron chi connectivity index (χ2n) is 12.8. The molecule has 0 radical (unpaired) electrons. The van der Waals surface area contributed by atoms with Gasteiger partial charge in [-0.1, -0.05) is 84.9 Å². The van der Waals surface area contributed by atoms with Crippen molar-refractivity contribution in [3.05, 3.63) is 166 Å². The number of nitrogens with one attached hydrogen (secondary N) is 1. The summed E-state index contributed by atoms with van der Waals surface area (Å²) in [4.78, 5) is 43.9. The molecule has 1 heterocycles. The molecule has 13 heteroatoms. The highest BCUT2D eigenvalue weighted by Gasteiger charge is 2.28. The quantitative estimate of drug-likeness (QED) is 0.117. The summed E-state index contributed by atoms with van der Waals surface area (Å²) < 4.78 is 28.5. The van der Waals surface area contributed by atoms with E-state index in [9.17, 15) is 28.1 Å². The molecule has 0 saturated carbocycles. The Morgan fingerprint density at radius 2 is 1.30 bits per heavy atom. The first kappa shape index (κ1) is 37.4. The van der Waals surface area contributed by atoms with E-state index in [1.807, 2.05) is 41.1 Å². The van der Waals surface area contributed by atoms with Crippen molar-refractivity contribution in [3.63, 3.8) is 0 Å². The summed E-state index contributed by atoms with van der Waals surface area (Å²) in [6.45, 7) is 4.03. The van der Waals surface area contributed by atoms with Gasteiger partial charge in [0.25, 0.3) is 21.6 Å². The molecule has 0 atom stereocenters. The van der Waals surface area contributed by atoms with Gasteiger partial charge in [0.05, 0.1) is 9.82 Å². The molecule has 1 fully saturated rings. The largest absolute Gasteiger partial charge is 0.369 e. The zero-order valence-electron chi connectivity index (χ0n) is 29.9. The molecule has 1 aliphatic heterocycles. The number of amides is 3. The molecular formula is C41H40N6O6S. The molecule has 3 amide bonds. The minimum Gasteiger partial charge on any atom is -0.369 e. The van der Waals surface area contributed by atoms with Crippen LogP contribution < -0.4 is 19.4 Å². The molecule has 0 aromatic heterocycles. The molecule has 1 aliphatic rings. The SMILES string of the molecule is CN(C(=O)N(C)c1ccc(S(=O)(=O)NC(=O)c2ccc(N3CCN(CC=C(c4ccccc4)c4ccccc4)CC3)cc2)cc1[N+](=O)[O-])c1ccccc1. The van der Waals surface area contributed by atoms with E-state index < -0.39 is 37.5 Å². The number of benzene rings is 5. The summed E-state index contributed by atoms with van der Waals surface area (Å²) in [7, 11) is -1.63. The molecular weight excluding hydrogens is 705 g/mol. The van der Waals surface area contributed by atoms with Gasteiger partial charge in [0.2, 0.25) is 0 Å². The Kier molecular flexibility index (Phi) is 11.5. The predicted molar refractivity (Wildman–Crippen MR) is 211 cm³/mol. The molecule has 12 nitrogen and oxygen atoms in total. The van der Waals surface area contributed by atoms with Crippen LogP contribution in [-0.2, 0) is 10.0 Å². The molecule has 0 spiro atoms. The minimum atomic E-state index is -4.51. The fourth-order valence-corrected chi connectivity index (χ4v) is 7.29. The van der Waals surface area contributed by atoms with E-state index in [-0.39, 0.29) is 11.3 Å². The number of rotatable bonds is 11. The van der Waals surface area contributed by atoms with E-state index in [0.717, 1.165) is 55.4 Å². The maximum absolute atomic E-state index is 13.2. The van der Waals surface area contributed by atoms with Gasteiger partial charge in [0, 0.05) is 69.8 Å². The Morgan fingerprint density at radius 1 is 0.741 bits per heavy atom. The van der Waals surface area contributed by atoms with Gasteiger partial charge in [0.1, 0.15) is 5.69 Å². The van der Waals surface area contributed by atoms with E-state index >= 15 is 0 Å². The van der Waals surface area contributed by atoms with Crippen molar-refractivity contribution in [2.75, 3.05) is 61.5 Å². The van der Waals surface area contributed by atoms with Crippen molar-refractivity contribution in [1.82, 2.24) is 9.62 Å². The molecule has 276 valence electrons. The van der Waals surface area contributed by atoms with Gasteiger partial charge in [-0.25, -0.2) is 17.9 Å². The van der Waals surface area contributed by atoms with Crippen LogP contribution in [0.2, 0.25) is 0 Å². The topological polar surface area (TPSA) is 136 Å². The number of nitro groups is 1. The number of para-hydroxylation sites is 1. The van der Waals surface area contributed by atoms with E-state index in [0.29, 0.717) is 5.69 Å². The Balaban J connectivity index is 1.07. The second-order valence-corrected chi connectivity index (χ2v) is 14.4. The Morgan fingerprint density at radius 3 is 1.85 bits per heavy atom. The number of piperazine rings is 1. The third-order valence-electron chi connectivity index (χ3n) is 9.35. The summed E-state index contributed by atoms with van der Waals surface area (Å²) in [6.07, 6.45) is 2.28. The van der Waals surface area contributed by atoms with E-state index in [4.69, 9.17) is 0 Å². The van der Waals surface area contributed by atoms with Crippen molar-refractivity contribution >= 4 is 50.3 Å². The molecule has 5 aromatic rings. The molecule has 1 saturated heterocycles. The summed E-state index contributed by atoms with van der Waals surface area (Å²) in [5.74, 6) is -0.880. The maximum Gasteiger partial charge on any atom is 0.328 e. The molecule has 1 N–H and O–H groups in total. The highest BCUT2D eigenvalue weighted by atomic mass is 32.2. The van der Waals surface area contributed by atoms with Gasteiger partial charge in [-0.2, -0.15) is 0 Å². The number of carbonyl (C=O) groups is 2. The highest BCUT2D eigenvalue weighted by molar-refractivity contribution is 7.90. The lowest BCUT2D eigenvalue weighted by Gasteiger charge is -2.35. The summed E-state index contributed by atoms with van der Waals surface area (Å²) in [5, 5.41) is 12.0. The van der Waals surface area contributed by atoms with Crippen LogP contribution in [0.1, 0.15) is 21.5 Å². The molecule has 0 unspecified atom stereocenters. The van der Waals surface area contributed by atoms with Crippen molar-refractivity contribution in [1.29, 1.82) is 0 Å². The third kappa shape index (κ3) is 8.65. The van der Waals surface area contributed by atoms with Gasteiger partial charge < -0.3 is 4.90 Å². The number of nitro benzene ring substituents is 1. The second kappa shape index (κ2) is 16.6. The van der Waals surface area contributed by atoms with Crippen LogP contribution in [0.15, 0.2) is 144 Å². The van der Waals surface area contributed by atoms with Crippen molar-refractivity contribution in [2.24, 2.45) is 0 Å². The monoisotopic (exact) mass is 744 g/mol. The Hall–Kier alpha value is -6.31. The minimum absolute atomic E-state index is 0.112. The van der Waals surface area contributed by atoms with Gasteiger partial charge in [-0.3, -0.25) is 29.6 Å². The number of urea groups is 1. The normalized spacial score (nSPS) is 13.1. The number of carbonyl (C=O) groups excluding carboxylic acids is 2. The molecule has 0 aliphatic carbocycles. The van der Waals surface area contributed by atoms with E-state index in [1.54, 1.807) is 54.6 Å². The number of hydrogen-bond acceptors (Lipinski definition) is 8. The lowest BCUT2D eigenvalue weighted by Crippen LogP contribution is -2.46. The first-order valence-corrected chi connectivity index (χ1v) is 18.8. The van der Waals surface area contributed by atoms with E-state index in [2.05, 4.69) is 40.1 Å². The highest BCUT2D eigenvalue weighted by Crippen LogP contribution is 2.32. The van der Waals surface area contributed by atoms with Crippen molar-refractivity contribution in [2.45, 2.75) is 4.90 Å². The van der Waals surface area contributed by atoms with Gasteiger partial charge in [-0.05, 0) is 65.2 Å². The standard InChI is InChI=1S/C41H40N6O6S/c1-43(34-16-10-5-11-17-34)41(49)44(2)38-23-22-36(30-39(38)47(50)51)54(52,53)42-40(48)33-18-20-35(21-19-33)46-28-26-45(27-29-46)25-24-37(31-12-6-3-7-13-31)32-14-8-4-9-15-32/h3-24,30H,25-29H2,1-2H3,(H,42,48). The first-order chi connectivity index (χ1) is 26.0. The first-order valence-electron chi connectivity index (χ1n) is 17.3. The van der Waals surface area contributed by atoms with Crippen LogP contribution in [0.25, 0.3) is 5.57 Å². The average molecular weight is 745 g/mol. The lowest BCUT2D eigenvalue weighted by atomic mass is 9.97. The fourth-order valence-electron chi connectivity index (χ4n) is 6.30. The van der Waals surface area contributed by atoms with Crippen LogP contribution in [0.3, 0.4) is 0 Å². The van der Waals surface area contributed by atoms with E-state index in [1.165, 1.54) is 41.8 Å². The summed E-state index contributed by atoms with van der Waals surface area (Å²) >= 11 is 0. The fraction of sp³-hybridized carbons (Fsp3) is 0.171. The molecule has 5 aromatic carbocycles. The number of anilines is 3.